The quantitative estimate of drug-likeness (QED) is 0.722. The smallest absolute Gasteiger partial charge is 0.211 e. The van der Waals surface area contributed by atoms with Crippen LogP contribution in [0.15, 0.2) is 36.8 Å². The molecule has 0 bridgehead atoms. The van der Waals surface area contributed by atoms with Crippen LogP contribution in [0.3, 0.4) is 0 Å². The van der Waals surface area contributed by atoms with E-state index in [1.807, 2.05) is 18.5 Å². The summed E-state index contributed by atoms with van der Waals surface area (Å²) in [6, 6.07) is 7.27. The first-order chi connectivity index (χ1) is 14.8. The van der Waals surface area contributed by atoms with Gasteiger partial charge in [-0.25, -0.2) is 9.97 Å². The summed E-state index contributed by atoms with van der Waals surface area (Å²) in [6.07, 6.45) is 10.8. The molecule has 2 aliphatic heterocycles. The third-order valence-corrected chi connectivity index (χ3v) is 7.17. The summed E-state index contributed by atoms with van der Waals surface area (Å²) in [7, 11) is 2.20. The van der Waals surface area contributed by atoms with Gasteiger partial charge >= 0.3 is 0 Å². The Morgan fingerprint density at radius 3 is 3.07 bits per heavy atom. The largest absolute Gasteiger partial charge is 0.340 e. The van der Waals surface area contributed by atoms with Crippen molar-refractivity contribution in [2.45, 2.75) is 44.3 Å². The maximum absolute atomic E-state index is 4.93. The summed E-state index contributed by atoms with van der Waals surface area (Å²) in [5.74, 6) is 1.77. The van der Waals surface area contributed by atoms with Crippen molar-refractivity contribution in [3.63, 3.8) is 0 Å². The van der Waals surface area contributed by atoms with Gasteiger partial charge in [0.2, 0.25) is 5.95 Å². The Morgan fingerprint density at radius 2 is 2.13 bits per heavy atom. The third kappa shape index (κ3) is 3.08. The summed E-state index contributed by atoms with van der Waals surface area (Å²) in [4.78, 5) is 19.2. The minimum absolute atomic E-state index is 0.362. The second-order valence-electron chi connectivity index (χ2n) is 9.09. The molecule has 5 heterocycles. The highest BCUT2D eigenvalue weighted by Crippen LogP contribution is 2.33. The number of hydrogen-bond acceptors (Lipinski definition) is 6. The minimum Gasteiger partial charge on any atom is -0.340 e. The molecule has 0 amide bonds. The number of pyridine rings is 1. The molecule has 7 nitrogen and oxygen atoms in total. The molecule has 30 heavy (non-hydrogen) atoms. The summed E-state index contributed by atoms with van der Waals surface area (Å²) >= 11 is 0. The molecule has 1 N–H and O–H groups in total. The maximum Gasteiger partial charge on any atom is 0.211 e. The van der Waals surface area contributed by atoms with Gasteiger partial charge in [-0.3, -0.25) is 14.3 Å². The average molecular weight is 404 g/mol. The van der Waals surface area contributed by atoms with Gasteiger partial charge in [0.05, 0.1) is 17.4 Å². The fourth-order valence-electron chi connectivity index (χ4n) is 5.66. The van der Waals surface area contributed by atoms with Crippen LogP contribution in [0, 0.1) is 5.92 Å². The lowest BCUT2D eigenvalue weighted by Gasteiger charge is -2.31. The van der Waals surface area contributed by atoms with Crippen LogP contribution < -0.4 is 10.2 Å². The highest BCUT2D eigenvalue weighted by molar-refractivity contribution is 5.48. The lowest BCUT2D eigenvalue weighted by atomic mass is 9.91. The zero-order chi connectivity index (χ0) is 20.1. The first-order valence-corrected chi connectivity index (χ1v) is 11.2. The Hall–Kier alpha value is -2.51. The van der Waals surface area contributed by atoms with Crippen LogP contribution in [0.5, 0.6) is 0 Å². The first-order valence-electron chi connectivity index (χ1n) is 11.2. The van der Waals surface area contributed by atoms with E-state index in [2.05, 4.69) is 44.9 Å². The van der Waals surface area contributed by atoms with Crippen molar-refractivity contribution < 1.29 is 0 Å². The summed E-state index contributed by atoms with van der Waals surface area (Å²) in [5, 5.41) is 3.64. The van der Waals surface area contributed by atoms with Gasteiger partial charge in [-0.15, -0.1) is 0 Å². The van der Waals surface area contributed by atoms with E-state index < -0.39 is 0 Å². The minimum atomic E-state index is 0.362. The molecule has 3 unspecified atom stereocenters. The van der Waals surface area contributed by atoms with E-state index in [0.29, 0.717) is 12.1 Å². The van der Waals surface area contributed by atoms with Crippen molar-refractivity contribution >= 4 is 11.6 Å². The molecular formula is C23H29N7. The summed E-state index contributed by atoms with van der Waals surface area (Å²) < 4.78 is 2.18. The van der Waals surface area contributed by atoms with E-state index >= 15 is 0 Å². The molecule has 3 aromatic heterocycles. The second-order valence-corrected chi connectivity index (χ2v) is 9.09. The predicted octanol–water partition coefficient (Wildman–Crippen LogP) is 2.43. The molecule has 6 rings (SSSR count). The molecule has 3 atom stereocenters. The van der Waals surface area contributed by atoms with Crippen molar-refractivity contribution in [3.05, 3.63) is 53.7 Å². The number of aromatic nitrogens is 4. The molecule has 7 heteroatoms. The number of aryl methyl sites for hydroxylation is 1. The van der Waals surface area contributed by atoms with Crippen molar-refractivity contribution in [2.75, 3.05) is 31.6 Å². The second kappa shape index (κ2) is 7.32. The molecule has 3 aromatic rings. The number of nitrogens with zero attached hydrogens (tertiary/aromatic N) is 6. The lowest BCUT2D eigenvalue weighted by Crippen LogP contribution is -2.31. The monoisotopic (exact) mass is 403 g/mol. The molecule has 0 aromatic carbocycles. The van der Waals surface area contributed by atoms with E-state index in [1.54, 1.807) is 0 Å². The zero-order valence-electron chi connectivity index (χ0n) is 17.5. The number of imidazole rings is 1. The van der Waals surface area contributed by atoms with E-state index in [-0.39, 0.29) is 0 Å². The highest BCUT2D eigenvalue weighted by atomic mass is 15.3. The van der Waals surface area contributed by atoms with Crippen LogP contribution >= 0.6 is 0 Å². The van der Waals surface area contributed by atoms with Gasteiger partial charge in [-0.2, -0.15) is 0 Å². The molecule has 3 aliphatic rings. The van der Waals surface area contributed by atoms with Crippen molar-refractivity contribution in [3.8, 4) is 0 Å². The Bertz CT molecular complexity index is 1050. The van der Waals surface area contributed by atoms with E-state index in [4.69, 9.17) is 15.0 Å². The van der Waals surface area contributed by atoms with Crippen molar-refractivity contribution in [1.29, 1.82) is 0 Å². The summed E-state index contributed by atoms with van der Waals surface area (Å²) in [6.45, 7) is 4.09. The molecule has 156 valence electrons. The van der Waals surface area contributed by atoms with Gasteiger partial charge < -0.3 is 10.2 Å². The predicted molar refractivity (Wildman–Crippen MR) is 116 cm³/mol. The number of fused-ring (bicyclic) bond motifs is 3. The van der Waals surface area contributed by atoms with Crippen molar-refractivity contribution in [1.82, 2.24) is 29.6 Å². The lowest BCUT2D eigenvalue weighted by molar-refractivity contribution is 0.206. The molecule has 0 saturated carbocycles. The summed E-state index contributed by atoms with van der Waals surface area (Å²) in [5.41, 5.74) is 4.71. The van der Waals surface area contributed by atoms with Gasteiger partial charge in [0.1, 0.15) is 5.65 Å². The third-order valence-electron chi connectivity index (χ3n) is 7.17. The fraction of sp³-hybridized carbons (Fsp3) is 0.522. The van der Waals surface area contributed by atoms with Crippen LogP contribution in [0.1, 0.15) is 42.3 Å². The number of anilines is 1. The molecule has 0 radical (unpaired) electrons. The van der Waals surface area contributed by atoms with Crippen LogP contribution in [-0.4, -0.2) is 57.0 Å². The number of hydrogen-bond donors (Lipinski definition) is 1. The number of nitrogens with one attached hydrogen (secondary N) is 1. The van der Waals surface area contributed by atoms with Crippen LogP contribution in [0.25, 0.3) is 5.65 Å². The Morgan fingerprint density at radius 1 is 1.17 bits per heavy atom. The van der Waals surface area contributed by atoms with Gasteiger partial charge in [-0.1, -0.05) is 6.07 Å². The Labute approximate surface area is 177 Å². The van der Waals surface area contributed by atoms with E-state index in [0.717, 1.165) is 62.2 Å². The van der Waals surface area contributed by atoms with Gasteiger partial charge in [-0.05, 0) is 62.9 Å². The molecular weight excluding hydrogens is 374 g/mol. The Kier molecular flexibility index (Phi) is 4.46. The Balaban J connectivity index is 1.25. The van der Waals surface area contributed by atoms with E-state index in [9.17, 15) is 0 Å². The maximum atomic E-state index is 4.93. The van der Waals surface area contributed by atoms with Crippen LogP contribution in [0.4, 0.5) is 5.95 Å². The van der Waals surface area contributed by atoms with Crippen molar-refractivity contribution in [2.24, 2.45) is 5.92 Å². The highest BCUT2D eigenvalue weighted by Gasteiger charge is 2.37. The van der Waals surface area contributed by atoms with Crippen LogP contribution in [-0.2, 0) is 13.0 Å². The molecule has 0 spiro atoms. The standard InChI is InChI=1S/C23H29N7/c1-28(20-6-2-4-16-5-3-9-25-22(16)20)13-18-14-30-21(27-18)8-11-26-23(30)29-12-17-7-10-24-19(17)15-29/h3,5,8-9,11,14,17,19-20,24H,2,4,6-7,10,12-13,15H2,1H3. The zero-order valence-corrected chi connectivity index (χ0v) is 17.5. The SMILES string of the molecule is CN(Cc1cn2c(N3CC4CCNC4C3)nccc2n1)C1CCCc2cccnc21. The fourth-order valence-corrected chi connectivity index (χ4v) is 5.66. The molecule has 1 aliphatic carbocycles. The van der Waals surface area contributed by atoms with Crippen LogP contribution in [0.2, 0.25) is 0 Å². The van der Waals surface area contributed by atoms with Gasteiger partial charge in [0.25, 0.3) is 0 Å². The topological polar surface area (TPSA) is 61.6 Å². The normalized spacial score (nSPS) is 25.8. The number of rotatable bonds is 4. The molecule has 2 saturated heterocycles. The first kappa shape index (κ1) is 18.3. The van der Waals surface area contributed by atoms with Gasteiger partial charge in [0.15, 0.2) is 0 Å². The van der Waals surface area contributed by atoms with Gasteiger partial charge in [0, 0.05) is 44.3 Å². The average Bonchev–Trinajstić information content (AvgIpc) is 3.47. The van der Waals surface area contributed by atoms with E-state index in [1.165, 1.54) is 24.1 Å². The molecule has 2 fully saturated rings.